The first-order chi connectivity index (χ1) is 10.2. The quantitative estimate of drug-likeness (QED) is 0.381. The summed E-state index contributed by atoms with van der Waals surface area (Å²) >= 11 is 0. The molecule has 1 aromatic rings. The van der Waals surface area contributed by atoms with E-state index in [1.165, 1.54) is 12.8 Å². The van der Waals surface area contributed by atoms with Crippen molar-refractivity contribution in [2.45, 2.75) is 39.3 Å². The topological polar surface area (TPSA) is 57.5 Å². The number of hydrogen-bond acceptors (Lipinski definition) is 3. The second-order valence-corrected chi connectivity index (χ2v) is 5.43. The highest BCUT2D eigenvalue weighted by atomic mass is 127. The number of aryl methyl sites for hydroxylation is 1. The molecule has 0 spiro atoms. The van der Waals surface area contributed by atoms with Gasteiger partial charge in [0.05, 0.1) is 12.2 Å². The summed E-state index contributed by atoms with van der Waals surface area (Å²) in [4.78, 5) is 7.15. The Morgan fingerprint density at radius 2 is 2.18 bits per heavy atom. The average molecular weight is 420 g/mol. The molecule has 0 unspecified atom stereocenters. The number of nitrogens with one attached hydrogen (secondary N) is 2. The summed E-state index contributed by atoms with van der Waals surface area (Å²) in [5.41, 5.74) is 1.11. The number of rotatable bonds is 8. The van der Waals surface area contributed by atoms with Crippen LogP contribution in [-0.4, -0.2) is 52.9 Å². The minimum absolute atomic E-state index is 0. The van der Waals surface area contributed by atoms with Gasteiger partial charge in [-0.3, -0.25) is 9.58 Å². The molecule has 0 aliphatic heterocycles. The number of aliphatic imine (C=N–C) groups is 1. The van der Waals surface area contributed by atoms with Crippen LogP contribution in [-0.2, 0) is 13.6 Å². The van der Waals surface area contributed by atoms with Gasteiger partial charge >= 0.3 is 0 Å². The molecule has 1 aliphatic carbocycles. The highest BCUT2D eigenvalue weighted by molar-refractivity contribution is 14.0. The van der Waals surface area contributed by atoms with Gasteiger partial charge in [0.25, 0.3) is 0 Å². The van der Waals surface area contributed by atoms with Crippen molar-refractivity contribution in [1.29, 1.82) is 0 Å². The molecule has 22 heavy (non-hydrogen) atoms. The van der Waals surface area contributed by atoms with Crippen molar-refractivity contribution in [2.75, 3.05) is 26.2 Å². The van der Waals surface area contributed by atoms with E-state index in [-0.39, 0.29) is 24.0 Å². The van der Waals surface area contributed by atoms with Crippen LogP contribution < -0.4 is 10.6 Å². The number of nitrogens with zero attached hydrogens (tertiary/aromatic N) is 4. The van der Waals surface area contributed by atoms with Crippen LogP contribution in [0.15, 0.2) is 17.3 Å². The molecule has 1 saturated carbocycles. The third-order valence-corrected chi connectivity index (χ3v) is 3.83. The van der Waals surface area contributed by atoms with Gasteiger partial charge in [-0.15, -0.1) is 24.0 Å². The molecule has 2 rings (SSSR count). The van der Waals surface area contributed by atoms with Crippen molar-refractivity contribution in [1.82, 2.24) is 25.3 Å². The SMILES string of the molecule is CCNC(=NCc1ccnn1C)NCCN(CC)C1CC1.I. The number of halogens is 1. The predicted octanol–water partition coefficient (Wildman–Crippen LogP) is 1.58. The van der Waals surface area contributed by atoms with Crippen molar-refractivity contribution in [3.05, 3.63) is 18.0 Å². The summed E-state index contributed by atoms with van der Waals surface area (Å²) in [6.45, 7) is 8.99. The first kappa shape index (κ1) is 19.2. The van der Waals surface area contributed by atoms with E-state index in [0.29, 0.717) is 6.54 Å². The summed E-state index contributed by atoms with van der Waals surface area (Å²) in [5.74, 6) is 0.880. The fourth-order valence-electron chi connectivity index (χ4n) is 2.41. The molecule has 6 nitrogen and oxygen atoms in total. The summed E-state index contributed by atoms with van der Waals surface area (Å²) in [5, 5.41) is 10.9. The molecule has 1 fully saturated rings. The highest BCUT2D eigenvalue weighted by Crippen LogP contribution is 2.25. The van der Waals surface area contributed by atoms with Gasteiger partial charge in [-0.1, -0.05) is 6.92 Å². The molecule has 7 heteroatoms. The Balaban J connectivity index is 0.00000242. The van der Waals surface area contributed by atoms with Gasteiger partial charge in [0.15, 0.2) is 5.96 Å². The van der Waals surface area contributed by atoms with E-state index in [0.717, 1.165) is 43.9 Å². The molecule has 1 aromatic heterocycles. The summed E-state index contributed by atoms with van der Waals surface area (Å²) in [7, 11) is 1.94. The van der Waals surface area contributed by atoms with Crippen molar-refractivity contribution in [3.8, 4) is 0 Å². The van der Waals surface area contributed by atoms with Crippen molar-refractivity contribution in [2.24, 2.45) is 12.0 Å². The van der Waals surface area contributed by atoms with Gasteiger partial charge in [-0.2, -0.15) is 5.10 Å². The van der Waals surface area contributed by atoms with Crippen LogP contribution in [0.3, 0.4) is 0 Å². The van der Waals surface area contributed by atoms with E-state index in [1.807, 2.05) is 17.8 Å². The van der Waals surface area contributed by atoms with Crippen LogP contribution in [0.5, 0.6) is 0 Å². The fraction of sp³-hybridized carbons (Fsp3) is 0.733. The van der Waals surface area contributed by atoms with Crippen LogP contribution in [0.25, 0.3) is 0 Å². The Bertz CT molecular complexity index is 455. The molecule has 0 aromatic carbocycles. The average Bonchev–Trinajstić information content (AvgIpc) is 3.24. The van der Waals surface area contributed by atoms with Gasteiger partial charge < -0.3 is 10.6 Å². The number of aromatic nitrogens is 2. The molecule has 0 bridgehead atoms. The summed E-state index contributed by atoms with van der Waals surface area (Å²) in [6.07, 6.45) is 4.53. The minimum Gasteiger partial charge on any atom is -0.357 e. The van der Waals surface area contributed by atoms with Crippen LogP contribution >= 0.6 is 24.0 Å². The molecule has 0 radical (unpaired) electrons. The lowest BCUT2D eigenvalue weighted by molar-refractivity contribution is 0.282. The Kier molecular flexibility index (Phi) is 8.77. The van der Waals surface area contributed by atoms with Crippen LogP contribution in [0.4, 0.5) is 0 Å². The second kappa shape index (κ2) is 10.0. The van der Waals surface area contributed by atoms with Gasteiger partial charge in [0.1, 0.15) is 0 Å². The van der Waals surface area contributed by atoms with E-state index in [4.69, 9.17) is 0 Å². The zero-order valence-electron chi connectivity index (χ0n) is 13.9. The summed E-state index contributed by atoms with van der Waals surface area (Å²) < 4.78 is 1.86. The van der Waals surface area contributed by atoms with Crippen LogP contribution in [0, 0.1) is 0 Å². The standard InChI is InChI=1S/C15H28N6.HI/c1-4-16-15(18-12-14-8-9-19-20(14)3)17-10-11-21(5-2)13-6-7-13;/h8-9,13H,4-7,10-12H2,1-3H3,(H2,16,17,18);1H. The Labute approximate surface area is 150 Å². The minimum atomic E-state index is 0. The van der Waals surface area contributed by atoms with E-state index < -0.39 is 0 Å². The van der Waals surface area contributed by atoms with Crippen molar-refractivity contribution in [3.63, 3.8) is 0 Å². The largest absolute Gasteiger partial charge is 0.357 e. The van der Waals surface area contributed by atoms with Crippen LogP contribution in [0.1, 0.15) is 32.4 Å². The molecular weight excluding hydrogens is 391 g/mol. The van der Waals surface area contributed by atoms with E-state index in [1.54, 1.807) is 6.20 Å². The highest BCUT2D eigenvalue weighted by Gasteiger charge is 2.27. The smallest absolute Gasteiger partial charge is 0.191 e. The third kappa shape index (κ3) is 6.12. The first-order valence-corrected chi connectivity index (χ1v) is 7.97. The van der Waals surface area contributed by atoms with Gasteiger partial charge in [0, 0.05) is 38.9 Å². The van der Waals surface area contributed by atoms with Gasteiger partial charge in [-0.25, -0.2) is 4.99 Å². The maximum absolute atomic E-state index is 4.61. The zero-order valence-corrected chi connectivity index (χ0v) is 16.2. The van der Waals surface area contributed by atoms with E-state index >= 15 is 0 Å². The lowest BCUT2D eigenvalue weighted by atomic mass is 10.4. The normalized spacial score (nSPS) is 14.8. The molecule has 1 aliphatic rings. The predicted molar refractivity (Wildman–Crippen MR) is 102 cm³/mol. The molecule has 0 atom stereocenters. The number of guanidine groups is 1. The molecule has 1 heterocycles. The molecule has 126 valence electrons. The van der Waals surface area contributed by atoms with Crippen molar-refractivity contribution < 1.29 is 0 Å². The fourth-order valence-corrected chi connectivity index (χ4v) is 2.41. The first-order valence-electron chi connectivity index (χ1n) is 7.97. The maximum Gasteiger partial charge on any atom is 0.191 e. The molecule has 0 saturated heterocycles. The molecular formula is C15H29IN6. The van der Waals surface area contributed by atoms with Gasteiger partial charge in [0.2, 0.25) is 0 Å². The third-order valence-electron chi connectivity index (χ3n) is 3.83. The number of likely N-dealkylation sites (N-methyl/N-ethyl adjacent to an activating group) is 1. The summed E-state index contributed by atoms with van der Waals surface area (Å²) in [6, 6.07) is 2.82. The Morgan fingerprint density at radius 1 is 1.41 bits per heavy atom. The zero-order chi connectivity index (χ0) is 15.1. The molecule has 2 N–H and O–H groups in total. The monoisotopic (exact) mass is 420 g/mol. The van der Waals surface area contributed by atoms with Crippen molar-refractivity contribution >= 4 is 29.9 Å². The van der Waals surface area contributed by atoms with E-state index in [2.05, 4.69) is 39.5 Å². The molecule has 0 amide bonds. The maximum atomic E-state index is 4.61. The number of hydrogen-bond donors (Lipinski definition) is 2. The van der Waals surface area contributed by atoms with E-state index in [9.17, 15) is 0 Å². The lowest BCUT2D eigenvalue weighted by Crippen LogP contribution is -2.42. The second-order valence-electron chi connectivity index (χ2n) is 5.43. The Morgan fingerprint density at radius 3 is 2.73 bits per heavy atom. The Hall–Kier alpha value is -0.830. The van der Waals surface area contributed by atoms with Crippen LogP contribution in [0.2, 0.25) is 0 Å². The lowest BCUT2D eigenvalue weighted by Gasteiger charge is -2.20. The van der Waals surface area contributed by atoms with Gasteiger partial charge in [-0.05, 0) is 32.4 Å².